The number of unbranched alkanes of at least 4 members (excludes halogenated alkanes) is 1. The third-order valence-electron chi connectivity index (χ3n) is 4.94. The Labute approximate surface area is 116 Å². The molecule has 0 nitrogen and oxygen atoms in total. The SMILES string of the molecule is CCCCC1(CC(C)C)CCCCC1CC(C)C. The van der Waals surface area contributed by atoms with Gasteiger partial charge in [0.1, 0.15) is 0 Å². The van der Waals surface area contributed by atoms with Crippen molar-refractivity contribution in [2.24, 2.45) is 23.2 Å². The van der Waals surface area contributed by atoms with Gasteiger partial charge in [-0.1, -0.05) is 60.3 Å². The van der Waals surface area contributed by atoms with Crippen LogP contribution in [-0.2, 0) is 0 Å². The molecular weight excluding hydrogens is 216 g/mol. The lowest BCUT2D eigenvalue weighted by Crippen LogP contribution is -2.36. The van der Waals surface area contributed by atoms with Gasteiger partial charge in [0.25, 0.3) is 0 Å². The van der Waals surface area contributed by atoms with Gasteiger partial charge in [-0.15, -0.1) is 0 Å². The third kappa shape index (κ3) is 4.59. The molecule has 1 aliphatic rings. The second kappa shape index (κ2) is 7.56. The van der Waals surface area contributed by atoms with E-state index in [1.54, 1.807) is 0 Å². The summed E-state index contributed by atoms with van der Waals surface area (Å²) in [6, 6.07) is 0. The first-order valence-electron chi connectivity index (χ1n) is 8.50. The molecule has 0 aromatic heterocycles. The summed E-state index contributed by atoms with van der Waals surface area (Å²) >= 11 is 0. The lowest BCUT2D eigenvalue weighted by atomic mass is 9.59. The van der Waals surface area contributed by atoms with Crippen molar-refractivity contribution in [3.05, 3.63) is 0 Å². The summed E-state index contributed by atoms with van der Waals surface area (Å²) in [7, 11) is 0. The smallest absolute Gasteiger partial charge is 0.0267 e. The van der Waals surface area contributed by atoms with Crippen molar-refractivity contribution in [2.45, 2.75) is 92.4 Å². The van der Waals surface area contributed by atoms with Gasteiger partial charge in [0.2, 0.25) is 0 Å². The summed E-state index contributed by atoms with van der Waals surface area (Å²) in [6.07, 6.45) is 13.3. The van der Waals surface area contributed by atoms with Gasteiger partial charge in [0, 0.05) is 0 Å². The van der Waals surface area contributed by atoms with E-state index >= 15 is 0 Å². The minimum atomic E-state index is 0.701. The van der Waals surface area contributed by atoms with E-state index in [9.17, 15) is 0 Å². The molecule has 1 fully saturated rings. The summed E-state index contributed by atoms with van der Waals surface area (Å²) in [5.74, 6) is 2.76. The average Bonchev–Trinajstić information content (AvgIpc) is 2.28. The van der Waals surface area contributed by atoms with Gasteiger partial charge in [0.15, 0.2) is 0 Å². The van der Waals surface area contributed by atoms with E-state index in [1.807, 2.05) is 0 Å². The van der Waals surface area contributed by atoms with Gasteiger partial charge in [-0.05, 0) is 55.3 Å². The van der Waals surface area contributed by atoms with E-state index in [4.69, 9.17) is 0 Å². The van der Waals surface area contributed by atoms with Crippen molar-refractivity contribution in [1.82, 2.24) is 0 Å². The maximum Gasteiger partial charge on any atom is -0.0267 e. The predicted octanol–water partition coefficient (Wildman–Crippen LogP) is 6.45. The quantitative estimate of drug-likeness (QED) is 0.488. The van der Waals surface area contributed by atoms with Crippen LogP contribution in [0.4, 0.5) is 0 Å². The minimum absolute atomic E-state index is 0.701. The normalized spacial score (nSPS) is 29.2. The van der Waals surface area contributed by atoms with Crippen LogP contribution in [0.1, 0.15) is 92.4 Å². The molecule has 0 radical (unpaired) electrons. The molecule has 0 heterocycles. The fourth-order valence-electron chi connectivity index (χ4n) is 4.36. The molecule has 1 saturated carbocycles. The van der Waals surface area contributed by atoms with E-state index in [2.05, 4.69) is 34.6 Å². The minimum Gasteiger partial charge on any atom is -0.0654 e. The molecule has 0 heteroatoms. The highest BCUT2D eigenvalue weighted by Gasteiger charge is 2.40. The second-order valence-electron chi connectivity index (χ2n) is 7.64. The average molecular weight is 252 g/mol. The number of hydrogen-bond acceptors (Lipinski definition) is 0. The molecule has 0 aliphatic heterocycles. The maximum atomic E-state index is 2.43. The second-order valence-corrected chi connectivity index (χ2v) is 7.64. The zero-order valence-electron chi connectivity index (χ0n) is 13.6. The molecule has 0 N–H and O–H groups in total. The zero-order valence-corrected chi connectivity index (χ0v) is 13.6. The molecule has 0 saturated heterocycles. The molecule has 108 valence electrons. The summed E-state index contributed by atoms with van der Waals surface area (Å²) in [5, 5.41) is 0. The van der Waals surface area contributed by atoms with Crippen LogP contribution in [0.15, 0.2) is 0 Å². The lowest BCUT2D eigenvalue weighted by molar-refractivity contribution is 0.0408. The highest BCUT2D eigenvalue weighted by molar-refractivity contribution is 4.90. The van der Waals surface area contributed by atoms with Crippen LogP contribution >= 0.6 is 0 Å². The van der Waals surface area contributed by atoms with Crippen molar-refractivity contribution < 1.29 is 0 Å². The molecule has 2 unspecified atom stereocenters. The summed E-state index contributed by atoms with van der Waals surface area (Å²) < 4.78 is 0. The first-order chi connectivity index (χ1) is 8.50. The highest BCUT2D eigenvalue weighted by Crippen LogP contribution is 2.51. The molecular formula is C18H36. The number of rotatable bonds is 7. The summed E-state index contributed by atoms with van der Waals surface area (Å²) in [6.45, 7) is 12.0. The van der Waals surface area contributed by atoms with Crippen LogP contribution in [0.25, 0.3) is 0 Å². The molecule has 0 spiro atoms. The maximum absolute atomic E-state index is 2.43. The zero-order chi connectivity index (χ0) is 13.6. The topological polar surface area (TPSA) is 0 Å². The van der Waals surface area contributed by atoms with E-state index < -0.39 is 0 Å². The molecule has 1 rings (SSSR count). The van der Waals surface area contributed by atoms with Crippen molar-refractivity contribution in [3.8, 4) is 0 Å². The van der Waals surface area contributed by atoms with Gasteiger partial charge in [0.05, 0.1) is 0 Å². The van der Waals surface area contributed by atoms with Crippen LogP contribution < -0.4 is 0 Å². The molecule has 0 aromatic rings. The Morgan fingerprint density at radius 2 is 1.78 bits per heavy atom. The van der Waals surface area contributed by atoms with Crippen LogP contribution in [0, 0.1) is 23.2 Å². The molecule has 2 atom stereocenters. The van der Waals surface area contributed by atoms with Gasteiger partial charge in [-0.3, -0.25) is 0 Å². The van der Waals surface area contributed by atoms with E-state index in [0.29, 0.717) is 5.41 Å². The fraction of sp³-hybridized carbons (Fsp3) is 1.00. The summed E-state index contributed by atoms with van der Waals surface area (Å²) in [5.41, 5.74) is 0.701. The molecule has 0 bridgehead atoms. The van der Waals surface area contributed by atoms with Gasteiger partial charge in [-0.2, -0.15) is 0 Å². The first kappa shape index (κ1) is 16.1. The molecule has 1 aliphatic carbocycles. The third-order valence-corrected chi connectivity index (χ3v) is 4.94. The standard InChI is InChI=1S/C18H36/c1-6-7-11-18(14-16(4)5)12-9-8-10-17(18)13-15(2)3/h15-17H,6-14H2,1-5H3. The van der Waals surface area contributed by atoms with Crippen molar-refractivity contribution in [3.63, 3.8) is 0 Å². The number of hydrogen-bond donors (Lipinski definition) is 0. The van der Waals surface area contributed by atoms with Crippen LogP contribution in [0.2, 0.25) is 0 Å². The van der Waals surface area contributed by atoms with Crippen molar-refractivity contribution in [1.29, 1.82) is 0 Å². The Kier molecular flexibility index (Phi) is 6.74. The van der Waals surface area contributed by atoms with Crippen molar-refractivity contribution in [2.75, 3.05) is 0 Å². The Balaban J connectivity index is 2.78. The largest absolute Gasteiger partial charge is 0.0654 e. The Morgan fingerprint density at radius 1 is 1.06 bits per heavy atom. The summed E-state index contributed by atoms with van der Waals surface area (Å²) in [4.78, 5) is 0. The van der Waals surface area contributed by atoms with Crippen LogP contribution in [0.5, 0.6) is 0 Å². The van der Waals surface area contributed by atoms with E-state index in [0.717, 1.165) is 17.8 Å². The molecule has 18 heavy (non-hydrogen) atoms. The lowest BCUT2D eigenvalue weighted by Gasteiger charge is -2.47. The Bertz CT molecular complexity index is 216. The Hall–Kier alpha value is 0. The van der Waals surface area contributed by atoms with Crippen LogP contribution in [0.3, 0.4) is 0 Å². The molecule has 0 aromatic carbocycles. The van der Waals surface area contributed by atoms with Gasteiger partial charge >= 0.3 is 0 Å². The first-order valence-corrected chi connectivity index (χ1v) is 8.50. The molecule has 0 amide bonds. The van der Waals surface area contributed by atoms with Crippen LogP contribution in [-0.4, -0.2) is 0 Å². The highest BCUT2D eigenvalue weighted by atomic mass is 14.4. The fourth-order valence-corrected chi connectivity index (χ4v) is 4.36. The predicted molar refractivity (Wildman–Crippen MR) is 82.8 cm³/mol. The van der Waals surface area contributed by atoms with E-state index in [-0.39, 0.29) is 0 Å². The van der Waals surface area contributed by atoms with Crippen molar-refractivity contribution >= 4 is 0 Å². The van der Waals surface area contributed by atoms with E-state index in [1.165, 1.54) is 57.8 Å². The Morgan fingerprint density at radius 3 is 2.33 bits per heavy atom. The van der Waals surface area contributed by atoms with Gasteiger partial charge in [-0.25, -0.2) is 0 Å². The van der Waals surface area contributed by atoms with Gasteiger partial charge < -0.3 is 0 Å². The monoisotopic (exact) mass is 252 g/mol.